The van der Waals surface area contributed by atoms with Gasteiger partial charge in [0.05, 0.1) is 6.61 Å². The number of hydrogen-bond acceptors (Lipinski definition) is 6. The van der Waals surface area contributed by atoms with Crippen LogP contribution in [0.2, 0.25) is 0 Å². The molecule has 1 unspecified atom stereocenters. The van der Waals surface area contributed by atoms with E-state index in [1.165, 1.54) is 56.3 Å². The number of rotatable bonds is 8. The molecule has 0 bridgehead atoms. The molecule has 1 aromatic carbocycles. The molecule has 7 nitrogen and oxygen atoms in total. The van der Waals surface area contributed by atoms with E-state index < -0.39 is 0 Å². The number of ether oxygens (including phenoxy) is 1. The second-order valence-corrected chi connectivity index (χ2v) is 8.07. The van der Waals surface area contributed by atoms with Gasteiger partial charge >= 0.3 is 0 Å². The van der Waals surface area contributed by atoms with Crippen molar-refractivity contribution in [3.05, 3.63) is 29.3 Å². The molecule has 1 aromatic heterocycles. The van der Waals surface area contributed by atoms with Crippen LogP contribution >= 0.6 is 0 Å². The molecule has 29 heavy (non-hydrogen) atoms. The molecule has 4 rings (SSSR count). The quantitative estimate of drug-likeness (QED) is 0.661. The first-order valence-electron chi connectivity index (χ1n) is 11.2. The molecule has 0 spiro atoms. The molecular formula is C22H34N6O. The fourth-order valence-corrected chi connectivity index (χ4v) is 4.70. The van der Waals surface area contributed by atoms with Crippen LogP contribution in [0.4, 0.5) is 11.9 Å². The van der Waals surface area contributed by atoms with Crippen molar-refractivity contribution >= 4 is 11.9 Å². The van der Waals surface area contributed by atoms with Gasteiger partial charge in [-0.1, -0.05) is 18.6 Å². The predicted molar refractivity (Wildman–Crippen MR) is 116 cm³/mol. The van der Waals surface area contributed by atoms with Gasteiger partial charge < -0.3 is 15.8 Å². The van der Waals surface area contributed by atoms with Crippen molar-refractivity contribution in [2.24, 2.45) is 0 Å². The van der Waals surface area contributed by atoms with E-state index in [-0.39, 0.29) is 0 Å². The molecule has 3 N–H and O–H groups in total. The fourth-order valence-electron chi connectivity index (χ4n) is 4.70. The van der Waals surface area contributed by atoms with Gasteiger partial charge in [-0.2, -0.15) is 4.98 Å². The minimum absolute atomic E-state index is 0.310. The van der Waals surface area contributed by atoms with Gasteiger partial charge in [0, 0.05) is 19.1 Å². The van der Waals surface area contributed by atoms with E-state index in [4.69, 9.17) is 10.5 Å². The van der Waals surface area contributed by atoms with E-state index in [1.807, 2.05) is 6.92 Å². The third kappa shape index (κ3) is 4.66. The number of nitrogen functional groups attached to an aromatic ring is 1. The second kappa shape index (κ2) is 9.48. The van der Waals surface area contributed by atoms with Gasteiger partial charge in [0.15, 0.2) is 0 Å². The number of nitrogens with zero attached hydrogens (tertiary/aromatic N) is 4. The van der Waals surface area contributed by atoms with E-state index >= 15 is 0 Å². The van der Waals surface area contributed by atoms with Crippen molar-refractivity contribution in [3.63, 3.8) is 0 Å². The lowest BCUT2D eigenvalue weighted by atomic mass is 9.85. The third-order valence-electron chi connectivity index (χ3n) is 6.11. The second-order valence-electron chi connectivity index (χ2n) is 8.07. The first-order valence-corrected chi connectivity index (χ1v) is 11.2. The highest BCUT2D eigenvalue weighted by Gasteiger charge is 2.28. The number of nitrogens with one attached hydrogen (secondary N) is 1. The first kappa shape index (κ1) is 20.0. The number of benzene rings is 1. The zero-order valence-electron chi connectivity index (χ0n) is 17.6. The molecule has 1 atom stereocenters. The summed E-state index contributed by atoms with van der Waals surface area (Å²) < 4.78 is 8.00. The maximum Gasteiger partial charge on any atom is 0.241 e. The monoisotopic (exact) mass is 398 g/mol. The summed E-state index contributed by atoms with van der Waals surface area (Å²) in [6.07, 6.45) is 8.63. The molecule has 2 aromatic rings. The standard InChI is InChI=1S/C22H34N6O/c1-2-28-22(25-21(23)26-28)24-13-8-16-29-20-12-7-9-17-18(20)10-6-11-19(17)27-14-4-3-5-15-27/h7,9,12,19H,2-6,8,10-11,13-16H2,1H3,(H3,23,24,25,26). The minimum atomic E-state index is 0.310. The van der Waals surface area contributed by atoms with Crippen molar-refractivity contribution in [2.45, 2.75) is 64.5 Å². The van der Waals surface area contributed by atoms with Crippen LogP contribution in [0.5, 0.6) is 5.75 Å². The lowest BCUT2D eigenvalue weighted by molar-refractivity contribution is 0.147. The Morgan fingerprint density at radius 2 is 2.07 bits per heavy atom. The van der Waals surface area contributed by atoms with Gasteiger partial charge in [0.2, 0.25) is 11.9 Å². The zero-order chi connectivity index (χ0) is 20.1. The summed E-state index contributed by atoms with van der Waals surface area (Å²) in [6.45, 7) is 6.73. The van der Waals surface area contributed by atoms with Crippen LogP contribution in [-0.4, -0.2) is 45.9 Å². The molecule has 2 heterocycles. The number of nitrogens with two attached hydrogens (primary N) is 1. The Morgan fingerprint density at radius 3 is 2.90 bits per heavy atom. The largest absolute Gasteiger partial charge is 0.493 e. The van der Waals surface area contributed by atoms with Crippen LogP contribution in [0.25, 0.3) is 0 Å². The molecular weight excluding hydrogens is 364 g/mol. The van der Waals surface area contributed by atoms with Crippen LogP contribution in [0, 0.1) is 0 Å². The van der Waals surface area contributed by atoms with E-state index in [0.717, 1.165) is 37.6 Å². The van der Waals surface area contributed by atoms with Gasteiger partial charge in [0.1, 0.15) is 5.75 Å². The first-order chi connectivity index (χ1) is 14.3. The highest BCUT2D eigenvalue weighted by Crippen LogP contribution is 2.39. The van der Waals surface area contributed by atoms with Gasteiger partial charge in [-0.05, 0) is 75.7 Å². The van der Waals surface area contributed by atoms with Crippen LogP contribution in [0.3, 0.4) is 0 Å². The van der Waals surface area contributed by atoms with E-state index in [9.17, 15) is 0 Å². The van der Waals surface area contributed by atoms with E-state index in [2.05, 4.69) is 38.5 Å². The average molecular weight is 399 g/mol. The molecule has 1 aliphatic carbocycles. The van der Waals surface area contributed by atoms with Crippen molar-refractivity contribution in [3.8, 4) is 5.75 Å². The van der Waals surface area contributed by atoms with E-state index in [0.29, 0.717) is 18.6 Å². The number of aromatic nitrogens is 3. The molecule has 2 aliphatic rings. The SMILES string of the molecule is CCn1nc(N)nc1NCCCOc1cccc2c1CCCC2N1CCCCC1. The van der Waals surface area contributed by atoms with Crippen LogP contribution in [0.1, 0.15) is 62.6 Å². The lowest BCUT2D eigenvalue weighted by Gasteiger charge is -2.38. The summed E-state index contributed by atoms with van der Waals surface area (Å²) in [6, 6.07) is 7.21. The molecule has 0 radical (unpaired) electrons. The lowest BCUT2D eigenvalue weighted by Crippen LogP contribution is -2.35. The Kier molecular flexibility index (Phi) is 6.54. The Morgan fingerprint density at radius 1 is 1.21 bits per heavy atom. The van der Waals surface area contributed by atoms with Gasteiger partial charge in [-0.3, -0.25) is 4.90 Å². The van der Waals surface area contributed by atoms with Crippen molar-refractivity contribution in [1.82, 2.24) is 19.7 Å². The maximum atomic E-state index is 6.21. The Balaban J connectivity index is 1.32. The Labute approximate surface area is 173 Å². The number of piperidine rings is 1. The number of fused-ring (bicyclic) bond motifs is 1. The van der Waals surface area contributed by atoms with Crippen LogP contribution < -0.4 is 15.8 Å². The molecule has 1 saturated heterocycles. The Bertz CT molecular complexity index is 799. The third-order valence-corrected chi connectivity index (χ3v) is 6.11. The summed E-state index contributed by atoms with van der Waals surface area (Å²) >= 11 is 0. The number of likely N-dealkylation sites (tertiary alicyclic amines) is 1. The molecule has 7 heteroatoms. The molecule has 1 aliphatic heterocycles. The minimum Gasteiger partial charge on any atom is -0.493 e. The van der Waals surface area contributed by atoms with Crippen molar-refractivity contribution in [1.29, 1.82) is 0 Å². The smallest absolute Gasteiger partial charge is 0.241 e. The van der Waals surface area contributed by atoms with Crippen molar-refractivity contribution in [2.75, 3.05) is 37.3 Å². The van der Waals surface area contributed by atoms with Gasteiger partial charge in [0.25, 0.3) is 0 Å². The topological polar surface area (TPSA) is 81.2 Å². The average Bonchev–Trinajstić information content (AvgIpc) is 3.13. The molecule has 1 fully saturated rings. The summed E-state index contributed by atoms with van der Waals surface area (Å²) in [7, 11) is 0. The molecule has 0 saturated carbocycles. The molecule has 0 amide bonds. The number of aryl methyl sites for hydroxylation is 1. The highest BCUT2D eigenvalue weighted by molar-refractivity contribution is 5.43. The Hall–Kier alpha value is -2.28. The highest BCUT2D eigenvalue weighted by atomic mass is 16.5. The normalized spacial score (nSPS) is 19.7. The molecule has 158 valence electrons. The number of anilines is 2. The van der Waals surface area contributed by atoms with Crippen LogP contribution in [-0.2, 0) is 13.0 Å². The summed E-state index contributed by atoms with van der Waals surface area (Å²) in [5, 5.41) is 7.46. The summed E-state index contributed by atoms with van der Waals surface area (Å²) in [5.41, 5.74) is 8.61. The number of hydrogen-bond donors (Lipinski definition) is 2. The van der Waals surface area contributed by atoms with E-state index in [1.54, 1.807) is 4.68 Å². The zero-order valence-corrected chi connectivity index (χ0v) is 17.6. The van der Waals surface area contributed by atoms with Crippen molar-refractivity contribution < 1.29 is 4.74 Å². The van der Waals surface area contributed by atoms with Gasteiger partial charge in [-0.25, -0.2) is 4.68 Å². The van der Waals surface area contributed by atoms with Crippen LogP contribution in [0.15, 0.2) is 18.2 Å². The summed E-state index contributed by atoms with van der Waals surface area (Å²) in [4.78, 5) is 6.92. The van der Waals surface area contributed by atoms with Gasteiger partial charge in [-0.15, -0.1) is 5.10 Å². The predicted octanol–water partition coefficient (Wildman–Crippen LogP) is 3.62. The summed E-state index contributed by atoms with van der Waals surface area (Å²) in [5.74, 6) is 2.11. The maximum absolute atomic E-state index is 6.21. The fraction of sp³-hybridized carbons (Fsp3) is 0.636.